The number of fused-ring (bicyclic) bond motifs is 3. The molecule has 7 heteroatoms. The molecule has 7 nitrogen and oxygen atoms in total. The second-order valence-corrected chi connectivity index (χ2v) is 7.93. The van der Waals surface area contributed by atoms with Crippen LogP contribution in [0.5, 0.6) is 11.5 Å². The average Bonchev–Trinajstić information content (AvgIpc) is 2.75. The Hall–Kier alpha value is -2.90. The van der Waals surface area contributed by atoms with Crippen LogP contribution in [0.2, 0.25) is 0 Å². The maximum Gasteiger partial charge on any atom is 0.308 e. The van der Waals surface area contributed by atoms with Gasteiger partial charge in [-0.15, -0.1) is 0 Å². The van der Waals surface area contributed by atoms with Crippen molar-refractivity contribution in [2.45, 2.75) is 39.2 Å². The van der Waals surface area contributed by atoms with Gasteiger partial charge in [0.05, 0.1) is 6.61 Å². The highest BCUT2D eigenvalue weighted by Gasteiger charge is 2.17. The summed E-state index contributed by atoms with van der Waals surface area (Å²) in [5.74, 6) is 0.638. The third-order valence-corrected chi connectivity index (χ3v) is 5.55. The molecule has 0 bridgehead atoms. The van der Waals surface area contributed by atoms with Crippen LogP contribution in [-0.4, -0.2) is 43.2 Å². The molecular weight excluding hydrogens is 396 g/mol. The fourth-order valence-corrected chi connectivity index (χ4v) is 4.05. The first-order valence-corrected chi connectivity index (χ1v) is 10.8. The highest BCUT2D eigenvalue weighted by molar-refractivity contribution is 5.91. The number of nitrogens with zero attached hydrogens (tertiary/aromatic N) is 1. The van der Waals surface area contributed by atoms with E-state index in [0.717, 1.165) is 42.0 Å². The highest BCUT2D eigenvalue weighted by atomic mass is 16.7. The second kappa shape index (κ2) is 9.94. The number of esters is 1. The van der Waals surface area contributed by atoms with Gasteiger partial charge >= 0.3 is 5.97 Å². The Balaban J connectivity index is 0.00000289. The van der Waals surface area contributed by atoms with Crippen LogP contribution >= 0.6 is 0 Å². The number of carbonyl (C=O) groups is 2. The van der Waals surface area contributed by atoms with E-state index in [1.54, 1.807) is 12.1 Å². The quantitative estimate of drug-likeness (QED) is 0.570. The van der Waals surface area contributed by atoms with Crippen LogP contribution in [0.15, 0.2) is 36.4 Å². The molecule has 2 aliphatic heterocycles. The molecule has 4 rings (SSSR count). The molecule has 0 unspecified atom stereocenters. The summed E-state index contributed by atoms with van der Waals surface area (Å²) < 4.78 is 16.5. The van der Waals surface area contributed by atoms with E-state index in [1.807, 2.05) is 24.3 Å². The highest BCUT2D eigenvalue weighted by Crippen LogP contribution is 2.38. The Bertz CT molecular complexity index is 959. The molecule has 166 valence electrons. The minimum absolute atomic E-state index is 0. The maximum atomic E-state index is 12.4. The molecule has 1 N–H and O–H groups in total. The number of amides is 1. The number of hydrogen-bond donors (Lipinski definition) is 1. The Labute approximate surface area is 183 Å². The monoisotopic (exact) mass is 426 g/mol. The number of nitrogens with one attached hydrogen (secondary N) is 1. The number of ether oxygens (including phenoxy) is 3. The molecule has 0 aromatic heterocycles. The fourth-order valence-electron chi connectivity index (χ4n) is 4.05. The number of likely N-dealkylation sites (tertiary alicyclic amines) is 1. The first-order chi connectivity index (χ1) is 15.1. The smallest absolute Gasteiger partial charge is 0.308 e. The second-order valence-electron chi connectivity index (χ2n) is 7.93. The molecule has 0 aliphatic carbocycles. The molecule has 2 aromatic carbocycles. The summed E-state index contributed by atoms with van der Waals surface area (Å²) in [5.41, 5.74) is 3.55. The van der Waals surface area contributed by atoms with E-state index >= 15 is 0 Å². The number of hydrogen-bond acceptors (Lipinski definition) is 6. The Morgan fingerprint density at radius 2 is 1.90 bits per heavy atom. The zero-order chi connectivity index (χ0) is 21.6. The van der Waals surface area contributed by atoms with Crippen molar-refractivity contribution in [2.24, 2.45) is 0 Å². The molecule has 0 spiro atoms. The van der Waals surface area contributed by atoms with Gasteiger partial charge in [-0.1, -0.05) is 12.5 Å². The Morgan fingerprint density at radius 1 is 1.10 bits per heavy atom. The SMILES string of the molecule is CC(=O)Oc1ccc2c(c1)OCOCc1cc(NC(=O)CCN3CCCCC3)ccc1-2.[HH]. The van der Waals surface area contributed by atoms with Gasteiger partial charge in [-0.25, -0.2) is 0 Å². The molecule has 1 amide bonds. The van der Waals surface area contributed by atoms with Gasteiger partial charge in [0.15, 0.2) is 6.79 Å². The van der Waals surface area contributed by atoms with Crippen LogP contribution < -0.4 is 14.8 Å². The lowest BCUT2D eigenvalue weighted by atomic mass is 9.98. The van der Waals surface area contributed by atoms with Gasteiger partial charge < -0.3 is 24.4 Å². The van der Waals surface area contributed by atoms with E-state index in [9.17, 15) is 9.59 Å². The van der Waals surface area contributed by atoms with E-state index in [-0.39, 0.29) is 20.1 Å². The maximum absolute atomic E-state index is 12.4. The van der Waals surface area contributed by atoms with Crippen molar-refractivity contribution in [1.29, 1.82) is 0 Å². The largest absolute Gasteiger partial charge is 0.467 e. The summed E-state index contributed by atoms with van der Waals surface area (Å²) >= 11 is 0. The number of anilines is 1. The third kappa shape index (κ3) is 5.62. The van der Waals surface area contributed by atoms with Crippen molar-refractivity contribution in [3.8, 4) is 22.6 Å². The van der Waals surface area contributed by atoms with Crippen molar-refractivity contribution in [3.63, 3.8) is 0 Å². The molecule has 2 aliphatic rings. The van der Waals surface area contributed by atoms with E-state index in [1.165, 1.54) is 26.2 Å². The minimum Gasteiger partial charge on any atom is -0.467 e. The number of carbonyl (C=O) groups excluding carboxylic acids is 2. The summed E-state index contributed by atoms with van der Waals surface area (Å²) in [7, 11) is 0. The first-order valence-electron chi connectivity index (χ1n) is 10.8. The number of benzene rings is 2. The van der Waals surface area contributed by atoms with Crippen molar-refractivity contribution in [3.05, 3.63) is 42.0 Å². The third-order valence-electron chi connectivity index (χ3n) is 5.55. The standard InChI is InChI=1S/C24H28N2O5.H2/c1-17(27)31-20-6-8-22-21-7-5-19(13-18(21)15-29-16-30-23(22)14-20)25-24(28)9-12-26-10-3-2-4-11-26;/h5-8,13-14H,2-4,9-12,15-16H2,1H3,(H,25,28);1H. The molecular formula is C24H30N2O5. The summed E-state index contributed by atoms with van der Waals surface area (Å²) in [6, 6.07) is 11.1. The van der Waals surface area contributed by atoms with Crippen LogP contribution in [0.25, 0.3) is 11.1 Å². The summed E-state index contributed by atoms with van der Waals surface area (Å²) in [4.78, 5) is 26.0. The van der Waals surface area contributed by atoms with Crippen LogP contribution in [0.3, 0.4) is 0 Å². The van der Waals surface area contributed by atoms with Crippen LogP contribution in [0, 0.1) is 0 Å². The zero-order valence-corrected chi connectivity index (χ0v) is 17.8. The summed E-state index contributed by atoms with van der Waals surface area (Å²) in [6.45, 7) is 4.79. The van der Waals surface area contributed by atoms with E-state index in [0.29, 0.717) is 24.5 Å². The summed E-state index contributed by atoms with van der Waals surface area (Å²) in [6.07, 6.45) is 4.22. The molecule has 31 heavy (non-hydrogen) atoms. The number of rotatable bonds is 5. The predicted molar refractivity (Wildman–Crippen MR) is 119 cm³/mol. The lowest BCUT2D eigenvalue weighted by molar-refractivity contribution is -0.131. The van der Waals surface area contributed by atoms with Crippen molar-refractivity contribution >= 4 is 17.6 Å². The predicted octanol–water partition coefficient (Wildman–Crippen LogP) is 4.21. The van der Waals surface area contributed by atoms with Crippen LogP contribution in [-0.2, 0) is 20.9 Å². The van der Waals surface area contributed by atoms with Crippen LogP contribution in [0.1, 0.15) is 39.6 Å². The Morgan fingerprint density at radius 3 is 2.71 bits per heavy atom. The lowest BCUT2D eigenvalue weighted by Crippen LogP contribution is -2.32. The molecule has 0 saturated carbocycles. The average molecular weight is 427 g/mol. The van der Waals surface area contributed by atoms with Crippen molar-refractivity contribution < 1.29 is 25.2 Å². The van der Waals surface area contributed by atoms with Crippen molar-refractivity contribution in [1.82, 2.24) is 4.90 Å². The molecule has 1 saturated heterocycles. The normalized spacial score (nSPS) is 16.2. The zero-order valence-electron chi connectivity index (χ0n) is 17.8. The number of piperidine rings is 1. The van der Waals surface area contributed by atoms with Gasteiger partial charge in [0, 0.05) is 38.6 Å². The van der Waals surface area contributed by atoms with Gasteiger partial charge in [-0.3, -0.25) is 9.59 Å². The topological polar surface area (TPSA) is 77.1 Å². The minimum atomic E-state index is -0.386. The molecule has 0 radical (unpaired) electrons. The van der Waals surface area contributed by atoms with Gasteiger partial charge in [-0.05, 0) is 61.3 Å². The Kier molecular flexibility index (Phi) is 6.84. The molecule has 2 aromatic rings. The first kappa shape index (κ1) is 21.3. The van der Waals surface area contributed by atoms with E-state index < -0.39 is 0 Å². The molecule has 0 atom stereocenters. The van der Waals surface area contributed by atoms with Gasteiger partial charge in [-0.2, -0.15) is 0 Å². The summed E-state index contributed by atoms with van der Waals surface area (Å²) in [5, 5.41) is 3.01. The fraction of sp³-hybridized carbons (Fsp3) is 0.417. The van der Waals surface area contributed by atoms with Gasteiger partial charge in [0.25, 0.3) is 0 Å². The van der Waals surface area contributed by atoms with E-state index in [4.69, 9.17) is 14.2 Å². The van der Waals surface area contributed by atoms with Crippen molar-refractivity contribution in [2.75, 3.05) is 31.7 Å². The van der Waals surface area contributed by atoms with E-state index in [2.05, 4.69) is 10.2 Å². The van der Waals surface area contributed by atoms with Gasteiger partial charge in [0.1, 0.15) is 11.5 Å². The molecule has 1 fully saturated rings. The van der Waals surface area contributed by atoms with Gasteiger partial charge in [0.2, 0.25) is 5.91 Å². The molecule has 2 heterocycles. The van der Waals surface area contributed by atoms with Crippen LogP contribution in [0.4, 0.5) is 5.69 Å². The lowest BCUT2D eigenvalue weighted by Gasteiger charge is -2.26.